The van der Waals surface area contributed by atoms with Gasteiger partial charge in [-0.2, -0.15) is 18.3 Å². The minimum absolute atomic E-state index is 0.405. The molecule has 0 atom stereocenters. The van der Waals surface area contributed by atoms with Crippen LogP contribution in [0.25, 0.3) is 0 Å². The minimum atomic E-state index is -4.36. The molecule has 0 N–H and O–H groups in total. The molecule has 0 aliphatic heterocycles. The molecule has 22 heavy (non-hydrogen) atoms. The molecular weight excluding hydrogens is 289 g/mol. The second-order valence-corrected chi connectivity index (χ2v) is 5.81. The smallest absolute Gasteiger partial charge is 0.264 e. The molecule has 1 heterocycles. The van der Waals surface area contributed by atoms with E-state index in [0.29, 0.717) is 24.9 Å². The Balaban J connectivity index is 1.94. The number of fused-ring (bicyclic) bond motifs is 1. The summed E-state index contributed by atoms with van der Waals surface area (Å²) in [6.45, 7) is 2.48. The predicted molar refractivity (Wildman–Crippen MR) is 78.8 cm³/mol. The van der Waals surface area contributed by atoms with E-state index >= 15 is 0 Å². The van der Waals surface area contributed by atoms with Crippen LogP contribution < -0.4 is 0 Å². The Morgan fingerprint density at radius 3 is 2.32 bits per heavy atom. The number of nitrogens with zero attached hydrogens (tertiary/aromatic N) is 2. The zero-order valence-corrected chi connectivity index (χ0v) is 12.6. The van der Waals surface area contributed by atoms with Gasteiger partial charge >= 0.3 is 6.18 Å². The molecule has 0 spiro atoms. The number of hydrogen-bond acceptors (Lipinski definition) is 1. The molecule has 1 aliphatic carbocycles. The second-order valence-electron chi connectivity index (χ2n) is 5.81. The van der Waals surface area contributed by atoms with Gasteiger partial charge in [-0.25, -0.2) is 0 Å². The molecule has 1 aliphatic rings. The molecule has 118 valence electrons. The van der Waals surface area contributed by atoms with Crippen LogP contribution in [-0.4, -0.2) is 9.78 Å². The van der Waals surface area contributed by atoms with Gasteiger partial charge in [0.25, 0.3) is 0 Å². The fourth-order valence-electron chi connectivity index (χ4n) is 3.08. The van der Waals surface area contributed by atoms with Gasteiger partial charge < -0.3 is 0 Å². The predicted octanol–water partition coefficient (Wildman–Crippen LogP) is 4.39. The van der Waals surface area contributed by atoms with E-state index in [-0.39, 0.29) is 0 Å². The number of halogens is 3. The molecule has 0 saturated carbocycles. The summed E-state index contributed by atoms with van der Waals surface area (Å²) in [5, 5.41) is 3.89. The van der Waals surface area contributed by atoms with Gasteiger partial charge in [-0.1, -0.05) is 31.2 Å². The van der Waals surface area contributed by atoms with Gasteiger partial charge in [-0.05, 0) is 43.2 Å². The Morgan fingerprint density at radius 2 is 1.68 bits per heavy atom. The Hall–Kier alpha value is -1.78. The molecular formula is C17H19F3N2. The number of benzene rings is 1. The van der Waals surface area contributed by atoms with Crippen molar-refractivity contribution in [3.05, 3.63) is 52.3 Å². The van der Waals surface area contributed by atoms with Crippen molar-refractivity contribution in [3.8, 4) is 0 Å². The molecule has 0 saturated heterocycles. The van der Waals surface area contributed by atoms with Gasteiger partial charge in [0, 0.05) is 11.3 Å². The number of rotatable bonds is 3. The molecule has 5 heteroatoms. The van der Waals surface area contributed by atoms with E-state index < -0.39 is 11.9 Å². The van der Waals surface area contributed by atoms with Gasteiger partial charge in [0.05, 0.1) is 6.54 Å². The van der Waals surface area contributed by atoms with Crippen molar-refractivity contribution in [1.29, 1.82) is 0 Å². The number of aromatic nitrogens is 2. The highest BCUT2D eigenvalue weighted by atomic mass is 19.4. The zero-order valence-electron chi connectivity index (χ0n) is 12.6. The van der Waals surface area contributed by atoms with Gasteiger partial charge in [0.1, 0.15) is 0 Å². The van der Waals surface area contributed by atoms with Crippen molar-refractivity contribution in [2.24, 2.45) is 0 Å². The lowest BCUT2D eigenvalue weighted by Crippen LogP contribution is -2.11. The summed E-state index contributed by atoms with van der Waals surface area (Å²) in [4.78, 5) is 0. The van der Waals surface area contributed by atoms with E-state index in [0.717, 1.165) is 30.5 Å². The standard InChI is InChI=1S/C17H19F3N2/c1-2-12-7-9-13(10-8-12)11-22-15-6-4-3-5-14(15)16(21-22)17(18,19)20/h7-10H,2-6,11H2,1H3. The van der Waals surface area contributed by atoms with Crippen molar-refractivity contribution in [2.75, 3.05) is 0 Å². The molecule has 3 rings (SSSR count). The summed E-state index contributed by atoms with van der Waals surface area (Å²) in [5.74, 6) is 0. The molecule has 0 radical (unpaired) electrons. The average molecular weight is 308 g/mol. The molecule has 0 bridgehead atoms. The lowest BCUT2D eigenvalue weighted by atomic mass is 9.95. The largest absolute Gasteiger partial charge is 0.435 e. The first-order valence-electron chi connectivity index (χ1n) is 7.72. The second kappa shape index (κ2) is 5.78. The fraction of sp³-hybridized carbons (Fsp3) is 0.471. The van der Waals surface area contributed by atoms with Crippen LogP contribution in [0.2, 0.25) is 0 Å². The van der Waals surface area contributed by atoms with Crippen molar-refractivity contribution in [2.45, 2.75) is 51.7 Å². The van der Waals surface area contributed by atoms with E-state index in [1.54, 1.807) is 4.68 Å². The number of aryl methyl sites for hydroxylation is 1. The Kier molecular flexibility index (Phi) is 3.98. The molecule has 0 unspecified atom stereocenters. The quantitative estimate of drug-likeness (QED) is 0.822. The molecule has 1 aromatic heterocycles. The van der Waals surface area contributed by atoms with E-state index in [1.165, 1.54) is 5.56 Å². The monoisotopic (exact) mass is 308 g/mol. The molecule has 2 aromatic rings. The summed E-state index contributed by atoms with van der Waals surface area (Å²) in [5.41, 5.74) is 2.69. The maximum Gasteiger partial charge on any atom is 0.435 e. The van der Waals surface area contributed by atoms with E-state index in [4.69, 9.17) is 0 Å². The van der Waals surface area contributed by atoms with Crippen molar-refractivity contribution in [1.82, 2.24) is 9.78 Å². The lowest BCUT2D eigenvalue weighted by molar-refractivity contribution is -0.142. The molecule has 0 amide bonds. The van der Waals surface area contributed by atoms with Crippen LogP contribution in [-0.2, 0) is 32.0 Å². The van der Waals surface area contributed by atoms with Gasteiger partial charge in [0.15, 0.2) is 5.69 Å². The van der Waals surface area contributed by atoms with Crippen LogP contribution in [0.4, 0.5) is 13.2 Å². The Bertz CT molecular complexity index is 654. The number of alkyl halides is 3. The number of hydrogen-bond donors (Lipinski definition) is 0. The first kappa shape index (κ1) is 15.1. The minimum Gasteiger partial charge on any atom is -0.264 e. The van der Waals surface area contributed by atoms with Crippen molar-refractivity contribution < 1.29 is 13.2 Å². The van der Waals surface area contributed by atoms with Crippen molar-refractivity contribution >= 4 is 0 Å². The average Bonchev–Trinajstić information content (AvgIpc) is 2.87. The topological polar surface area (TPSA) is 17.8 Å². The SMILES string of the molecule is CCc1ccc(Cn2nc(C(F)(F)F)c3c2CCCC3)cc1. The summed E-state index contributed by atoms with van der Waals surface area (Å²) in [6, 6.07) is 8.00. The van der Waals surface area contributed by atoms with Crippen LogP contribution in [0, 0.1) is 0 Å². The fourth-order valence-corrected chi connectivity index (χ4v) is 3.08. The Labute approximate surface area is 128 Å². The van der Waals surface area contributed by atoms with Gasteiger partial charge in [-0.15, -0.1) is 0 Å². The van der Waals surface area contributed by atoms with Crippen LogP contribution >= 0.6 is 0 Å². The van der Waals surface area contributed by atoms with Crippen LogP contribution in [0.1, 0.15) is 47.8 Å². The van der Waals surface area contributed by atoms with Gasteiger partial charge in [-0.3, -0.25) is 4.68 Å². The maximum absolute atomic E-state index is 13.2. The maximum atomic E-state index is 13.2. The Morgan fingerprint density at radius 1 is 1.05 bits per heavy atom. The summed E-state index contributed by atoms with van der Waals surface area (Å²) in [6.07, 6.45) is -0.490. The molecule has 0 fully saturated rings. The highest BCUT2D eigenvalue weighted by Crippen LogP contribution is 2.36. The normalized spacial score (nSPS) is 14.9. The first-order valence-corrected chi connectivity index (χ1v) is 7.72. The summed E-state index contributed by atoms with van der Waals surface area (Å²) < 4.78 is 41.0. The zero-order chi connectivity index (χ0) is 15.7. The van der Waals surface area contributed by atoms with Gasteiger partial charge in [0.2, 0.25) is 0 Å². The molecule has 1 aromatic carbocycles. The highest BCUT2D eigenvalue weighted by Gasteiger charge is 2.39. The summed E-state index contributed by atoms with van der Waals surface area (Å²) >= 11 is 0. The highest BCUT2D eigenvalue weighted by molar-refractivity contribution is 5.32. The third-order valence-corrected chi connectivity index (χ3v) is 4.29. The van der Waals surface area contributed by atoms with Crippen LogP contribution in [0.15, 0.2) is 24.3 Å². The third-order valence-electron chi connectivity index (χ3n) is 4.29. The van der Waals surface area contributed by atoms with E-state index in [9.17, 15) is 13.2 Å². The van der Waals surface area contributed by atoms with E-state index in [2.05, 4.69) is 12.0 Å². The van der Waals surface area contributed by atoms with Crippen LogP contribution in [0.5, 0.6) is 0 Å². The summed E-state index contributed by atoms with van der Waals surface area (Å²) in [7, 11) is 0. The van der Waals surface area contributed by atoms with E-state index in [1.807, 2.05) is 24.3 Å². The lowest BCUT2D eigenvalue weighted by Gasteiger charge is -2.14. The van der Waals surface area contributed by atoms with Crippen molar-refractivity contribution in [3.63, 3.8) is 0 Å². The molecule has 2 nitrogen and oxygen atoms in total. The van der Waals surface area contributed by atoms with Crippen LogP contribution in [0.3, 0.4) is 0 Å². The third kappa shape index (κ3) is 2.89. The first-order chi connectivity index (χ1) is 10.5.